The number of aromatic nitrogens is 2. The van der Waals surface area contributed by atoms with Crippen molar-refractivity contribution in [2.75, 3.05) is 13.1 Å². The van der Waals surface area contributed by atoms with E-state index in [0.717, 1.165) is 35.4 Å². The lowest BCUT2D eigenvalue weighted by Crippen LogP contribution is -2.43. The van der Waals surface area contributed by atoms with Gasteiger partial charge in [0.2, 0.25) is 0 Å². The minimum Gasteiger partial charge on any atom is -0.444 e. The highest BCUT2D eigenvalue weighted by Crippen LogP contribution is 2.33. The molecule has 1 amide bonds. The van der Waals surface area contributed by atoms with E-state index in [2.05, 4.69) is 9.97 Å². The lowest BCUT2D eigenvalue weighted by atomic mass is 10.1. The Morgan fingerprint density at radius 1 is 1.28 bits per heavy atom. The molecule has 1 aromatic heterocycles. The highest BCUT2D eigenvalue weighted by atomic mass is 35.5. The summed E-state index contributed by atoms with van der Waals surface area (Å²) in [5, 5.41) is 1.36. The number of fused-ring (bicyclic) bond motifs is 1. The highest BCUT2D eigenvalue weighted by molar-refractivity contribution is 8.00. The summed E-state index contributed by atoms with van der Waals surface area (Å²) in [6, 6.07) is 7.67. The van der Waals surface area contributed by atoms with Crippen LogP contribution in [-0.2, 0) is 4.74 Å². The van der Waals surface area contributed by atoms with Crippen LogP contribution < -0.4 is 0 Å². The van der Waals surface area contributed by atoms with Gasteiger partial charge in [-0.05, 0) is 45.7 Å². The molecule has 2 aromatic rings. The number of ether oxygens (including phenoxy) is 1. The van der Waals surface area contributed by atoms with Gasteiger partial charge < -0.3 is 9.64 Å². The molecule has 1 atom stereocenters. The Balaban J connectivity index is 1.70. The first-order valence-corrected chi connectivity index (χ1v) is 9.64. The number of hydrogen-bond donors (Lipinski definition) is 0. The van der Waals surface area contributed by atoms with E-state index < -0.39 is 5.60 Å². The van der Waals surface area contributed by atoms with E-state index in [1.165, 1.54) is 0 Å². The van der Waals surface area contributed by atoms with Gasteiger partial charge in [-0.2, -0.15) is 0 Å². The van der Waals surface area contributed by atoms with Crippen molar-refractivity contribution in [3.05, 3.63) is 29.4 Å². The number of carbonyl (C=O) groups is 1. The minimum absolute atomic E-state index is 0.231. The predicted octanol–water partition coefficient (Wildman–Crippen LogP) is 4.77. The third-order valence-corrected chi connectivity index (χ3v) is 5.41. The summed E-state index contributed by atoms with van der Waals surface area (Å²) < 4.78 is 5.48. The van der Waals surface area contributed by atoms with Gasteiger partial charge in [0.1, 0.15) is 10.6 Å². The van der Waals surface area contributed by atoms with E-state index >= 15 is 0 Å². The van der Waals surface area contributed by atoms with Gasteiger partial charge in [-0.15, -0.1) is 0 Å². The molecule has 0 bridgehead atoms. The van der Waals surface area contributed by atoms with Gasteiger partial charge in [-0.3, -0.25) is 0 Å². The number of carbonyl (C=O) groups excluding carboxylic acids is 1. The quantitative estimate of drug-likeness (QED) is 0.751. The van der Waals surface area contributed by atoms with Gasteiger partial charge in [0.05, 0.1) is 11.0 Å². The van der Waals surface area contributed by atoms with Crippen LogP contribution in [0, 0.1) is 0 Å². The topological polar surface area (TPSA) is 55.3 Å². The van der Waals surface area contributed by atoms with Gasteiger partial charge in [0, 0.05) is 18.3 Å². The van der Waals surface area contributed by atoms with Gasteiger partial charge in [0.15, 0.2) is 5.15 Å². The van der Waals surface area contributed by atoms with Crippen molar-refractivity contribution in [2.45, 2.75) is 49.5 Å². The van der Waals surface area contributed by atoms with Crippen LogP contribution in [0.2, 0.25) is 5.15 Å². The number of rotatable bonds is 2. The Kier molecular flexibility index (Phi) is 5.39. The molecule has 134 valence electrons. The van der Waals surface area contributed by atoms with Crippen molar-refractivity contribution in [2.24, 2.45) is 0 Å². The first-order chi connectivity index (χ1) is 11.8. The molecule has 1 aromatic carbocycles. The standard InChI is InChI=1S/C18H22ClN3O2S/c1-18(2,3)24-17(23)22-10-6-7-12(11-22)25-16-15(19)20-13-8-4-5-9-14(13)21-16/h4-5,8-9,12H,6-7,10-11H2,1-3H3/t12-/m1/s1. The molecule has 5 nitrogen and oxygen atoms in total. The summed E-state index contributed by atoms with van der Waals surface area (Å²) in [6.07, 6.45) is 1.69. The first kappa shape index (κ1) is 18.3. The molecule has 0 N–H and O–H groups in total. The zero-order valence-corrected chi connectivity index (χ0v) is 16.2. The van der Waals surface area contributed by atoms with Crippen molar-refractivity contribution >= 4 is 40.5 Å². The molecular weight excluding hydrogens is 358 g/mol. The van der Waals surface area contributed by atoms with E-state index in [1.807, 2.05) is 45.0 Å². The SMILES string of the molecule is CC(C)(C)OC(=O)N1CCC[C@@H](Sc2nc3ccccc3nc2Cl)C1. The summed E-state index contributed by atoms with van der Waals surface area (Å²) >= 11 is 7.90. The summed E-state index contributed by atoms with van der Waals surface area (Å²) in [4.78, 5) is 23.1. The second kappa shape index (κ2) is 7.38. The first-order valence-electron chi connectivity index (χ1n) is 8.39. The molecule has 0 radical (unpaired) electrons. The molecule has 25 heavy (non-hydrogen) atoms. The molecule has 1 fully saturated rings. The molecule has 0 aliphatic carbocycles. The predicted molar refractivity (Wildman–Crippen MR) is 101 cm³/mol. The van der Waals surface area contributed by atoms with Crippen LogP contribution in [0.5, 0.6) is 0 Å². The molecule has 1 aliphatic heterocycles. The molecule has 1 aliphatic rings. The number of amides is 1. The summed E-state index contributed by atoms with van der Waals surface area (Å²) in [5.74, 6) is 0. The Morgan fingerprint density at radius 3 is 2.64 bits per heavy atom. The van der Waals surface area contributed by atoms with E-state index in [-0.39, 0.29) is 11.3 Å². The maximum absolute atomic E-state index is 12.3. The number of para-hydroxylation sites is 2. The Hall–Kier alpha value is -1.53. The minimum atomic E-state index is -0.482. The van der Waals surface area contributed by atoms with Gasteiger partial charge >= 0.3 is 6.09 Å². The average molecular weight is 380 g/mol. The number of halogens is 1. The maximum Gasteiger partial charge on any atom is 0.410 e. The van der Waals surface area contributed by atoms with Crippen LogP contribution in [0.1, 0.15) is 33.6 Å². The second-order valence-electron chi connectivity index (χ2n) is 7.12. The molecule has 3 rings (SSSR count). The zero-order chi connectivity index (χ0) is 18.0. The summed E-state index contributed by atoms with van der Waals surface area (Å²) in [7, 11) is 0. The van der Waals surface area contributed by atoms with Gasteiger partial charge in [-0.1, -0.05) is 35.5 Å². The van der Waals surface area contributed by atoms with Gasteiger partial charge in [0.25, 0.3) is 0 Å². The highest BCUT2D eigenvalue weighted by Gasteiger charge is 2.28. The number of nitrogens with zero attached hydrogens (tertiary/aromatic N) is 3. The number of likely N-dealkylation sites (tertiary alicyclic amines) is 1. The maximum atomic E-state index is 12.3. The van der Waals surface area contributed by atoms with E-state index in [0.29, 0.717) is 11.7 Å². The fourth-order valence-corrected chi connectivity index (χ4v) is 4.14. The van der Waals surface area contributed by atoms with E-state index in [9.17, 15) is 4.79 Å². The van der Waals surface area contributed by atoms with Crippen LogP contribution >= 0.6 is 23.4 Å². The normalized spacial score (nSPS) is 18.4. The number of benzene rings is 1. The molecule has 2 heterocycles. The van der Waals surface area contributed by atoms with Crippen LogP contribution in [0.25, 0.3) is 11.0 Å². The van der Waals surface area contributed by atoms with E-state index in [1.54, 1.807) is 16.7 Å². The fraction of sp³-hybridized carbons (Fsp3) is 0.500. The lowest BCUT2D eigenvalue weighted by Gasteiger charge is -2.33. The van der Waals surface area contributed by atoms with Gasteiger partial charge in [-0.25, -0.2) is 14.8 Å². The molecule has 1 saturated heterocycles. The second-order valence-corrected chi connectivity index (χ2v) is 8.76. The van der Waals surface area contributed by atoms with Crippen molar-refractivity contribution in [3.63, 3.8) is 0 Å². The average Bonchev–Trinajstić information content (AvgIpc) is 2.54. The molecule has 0 unspecified atom stereocenters. The number of hydrogen-bond acceptors (Lipinski definition) is 5. The number of thioether (sulfide) groups is 1. The van der Waals surface area contributed by atoms with Crippen molar-refractivity contribution in [1.82, 2.24) is 14.9 Å². The smallest absolute Gasteiger partial charge is 0.410 e. The fourth-order valence-electron chi connectivity index (χ4n) is 2.72. The van der Waals surface area contributed by atoms with Crippen LogP contribution in [-0.4, -0.2) is 44.9 Å². The molecule has 0 saturated carbocycles. The third-order valence-electron chi connectivity index (χ3n) is 3.81. The molecule has 7 heteroatoms. The summed E-state index contributed by atoms with van der Waals surface area (Å²) in [6.45, 7) is 7.00. The Bertz CT molecular complexity index is 778. The van der Waals surface area contributed by atoms with Crippen LogP contribution in [0.4, 0.5) is 4.79 Å². The number of piperidine rings is 1. The van der Waals surface area contributed by atoms with E-state index in [4.69, 9.17) is 16.3 Å². The largest absolute Gasteiger partial charge is 0.444 e. The van der Waals surface area contributed by atoms with Crippen molar-refractivity contribution in [3.8, 4) is 0 Å². The third kappa shape index (κ3) is 4.76. The lowest BCUT2D eigenvalue weighted by molar-refractivity contribution is 0.0220. The van der Waals surface area contributed by atoms with Crippen LogP contribution in [0.3, 0.4) is 0 Å². The Labute approximate surface area is 157 Å². The molecular formula is C18H22ClN3O2S. The Morgan fingerprint density at radius 2 is 1.96 bits per heavy atom. The summed E-state index contributed by atoms with van der Waals surface area (Å²) in [5.41, 5.74) is 1.13. The zero-order valence-electron chi connectivity index (χ0n) is 14.7. The van der Waals surface area contributed by atoms with Crippen molar-refractivity contribution in [1.29, 1.82) is 0 Å². The molecule has 0 spiro atoms. The monoisotopic (exact) mass is 379 g/mol. The van der Waals surface area contributed by atoms with Crippen LogP contribution in [0.15, 0.2) is 29.3 Å². The van der Waals surface area contributed by atoms with Crippen molar-refractivity contribution < 1.29 is 9.53 Å².